The van der Waals surface area contributed by atoms with Crippen molar-refractivity contribution in [2.24, 2.45) is 0 Å². The topological polar surface area (TPSA) is 72.3 Å². The maximum atomic E-state index is 11.3. The summed E-state index contributed by atoms with van der Waals surface area (Å²) >= 11 is 6.08. The van der Waals surface area contributed by atoms with Crippen molar-refractivity contribution in [1.82, 2.24) is 9.97 Å². The van der Waals surface area contributed by atoms with Crippen molar-refractivity contribution >= 4 is 17.6 Å². The highest BCUT2D eigenvalue weighted by atomic mass is 35.5. The van der Waals surface area contributed by atoms with E-state index in [0.717, 1.165) is 5.56 Å². The summed E-state index contributed by atoms with van der Waals surface area (Å²) in [4.78, 5) is 19.5. The summed E-state index contributed by atoms with van der Waals surface area (Å²) in [5, 5.41) is 9.66. The van der Waals surface area contributed by atoms with Gasteiger partial charge in [0.1, 0.15) is 11.6 Å². The summed E-state index contributed by atoms with van der Waals surface area (Å²) in [5.74, 6) is -0.254. The second-order valence-electron chi connectivity index (χ2n) is 4.94. The molecule has 1 N–H and O–H groups in total. The third-order valence-corrected chi connectivity index (χ3v) is 3.10. The van der Waals surface area contributed by atoms with E-state index in [9.17, 15) is 9.90 Å². The van der Waals surface area contributed by atoms with E-state index >= 15 is 0 Å². The van der Waals surface area contributed by atoms with Gasteiger partial charge in [-0.3, -0.25) is 0 Å². The number of ether oxygens (including phenoxy) is 1. The Balaban J connectivity index is 2.41. The maximum absolute atomic E-state index is 11.3. The molecule has 0 bridgehead atoms. The van der Waals surface area contributed by atoms with Crippen LogP contribution in [-0.4, -0.2) is 21.0 Å². The number of hydrogen-bond acceptors (Lipinski definition) is 4. The van der Waals surface area contributed by atoms with Crippen LogP contribution >= 0.6 is 11.6 Å². The standard InChI is InChI=1S/C15H15ClN2O3/c1-8(2)14-17-7-12(13(18-14)15(19)20)21-11-5-4-9(3)6-10(11)16/h4-8H,1-3H3,(H,19,20). The van der Waals surface area contributed by atoms with Gasteiger partial charge in [-0.25, -0.2) is 14.8 Å². The molecule has 0 radical (unpaired) electrons. The van der Waals surface area contributed by atoms with Gasteiger partial charge in [0.2, 0.25) is 0 Å². The van der Waals surface area contributed by atoms with Crippen molar-refractivity contribution in [2.75, 3.05) is 0 Å². The molecule has 2 rings (SSSR count). The SMILES string of the molecule is Cc1ccc(Oc2cnc(C(C)C)nc2C(=O)O)c(Cl)c1. The minimum absolute atomic E-state index is 0.0279. The molecule has 0 aliphatic carbocycles. The third-order valence-electron chi connectivity index (χ3n) is 2.80. The van der Waals surface area contributed by atoms with Crippen molar-refractivity contribution in [2.45, 2.75) is 26.7 Å². The van der Waals surface area contributed by atoms with Gasteiger partial charge in [-0.1, -0.05) is 31.5 Å². The zero-order chi connectivity index (χ0) is 15.6. The minimum atomic E-state index is -1.17. The number of rotatable bonds is 4. The highest BCUT2D eigenvalue weighted by Crippen LogP contribution is 2.31. The Kier molecular flexibility index (Phi) is 4.43. The fraction of sp³-hybridized carbons (Fsp3) is 0.267. The summed E-state index contributed by atoms with van der Waals surface area (Å²) in [7, 11) is 0. The number of carboxylic acid groups (broad SMARTS) is 1. The van der Waals surface area contributed by atoms with E-state index < -0.39 is 5.97 Å². The number of halogens is 1. The quantitative estimate of drug-likeness (QED) is 0.922. The molecule has 5 nitrogen and oxygen atoms in total. The molecule has 0 saturated carbocycles. The van der Waals surface area contributed by atoms with E-state index in [1.807, 2.05) is 26.8 Å². The first-order valence-corrected chi connectivity index (χ1v) is 6.80. The van der Waals surface area contributed by atoms with Gasteiger partial charge in [0.05, 0.1) is 11.2 Å². The van der Waals surface area contributed by atoms with Crippen LogP contribution in [0.2, 0.25) is 5.02 Å². The smallest absolute Gasteiger partial charge is 0.358 e. The summed E-state index contributed by atoms with van der Waals surface area (Å²) in [5.41, 5.74) is 0.808. The molecule has 0 saturated heterocycles. The Hall–Kier alpha value is -2.14. The molecule has 1 aromatic carbocycles. The number of carbonyl (C=O) groups is 1. The molecule has 1 aromatic heterocycles. The molecule has 0 fully saturated rings. The fourth-order valence-corrected chi connectivity index (χ4v) is 1.97. The molecule has 0 spiro atoms. The van der Waals surface area contributed by atoms with Crippen LogP contribution in [0.1, 0.15) is 41.6 Å². The fourth-order valence-electron chi connectivity index (χ4n) is 1.70. The molecule has 2 aromatic rings. The van der Waals surface area contributed by atoms with E-state index in [1.54, 1.807) is 12.1 Å². The van der Waals surface area contributed by atoms with Gasteiger partial charge in [0, 0.05) is 5.92 Å². The lowest BCUT2D eigenvalue weighted by Crippen LogP contribution is -2.08. The van der Waals surface area contributed by atoms with E-state index in [2.05, 4.69) is 9.97 Å². The Labute approximate surface area is 127 Å². The first kappa shape index (κ1) is 15.3. The first-order chi connectivity index (χ1) is 9.88. The summed E-state index contributed by atoms with van der Waals surface area (Å²) < 4.78 is 5.55. The molecule has 110 valence electrons. The molecule has 0 amide bonds. The number of aromatic carboxylic acids is 1. The van der Waals surface area contributed by atoms with Gasteiger partial charge in [-0.2, -0.15) is 0 Å². The van der Waals surface area contributed by atoms with Gasteiger partial charge in [0.15, 0.2) is 11.4 Å². The third kappa shape index (κ3) is 3.49. The van der Waals surface area contributed by atoms with E-state index in [4.69, 9.17) is 16.3 Å². The van der Waals surface area contributed by atoms with Gasteiger partial charge >= 0.3 is 5.97 Å². The summed E-state index contributed by atoms with van der Waals surface area (Å²) in [6.07, 6.45) is 1.36. The van der Waals surface area contributed by atoms with Gasteiger partial charge < -0.3 is 9.84 Å². The van der Waals surface area contributed by atoms with E-state index in [1.165, 1.54) is 6.20 Å². The number of benzene rings is 1. The average molecular weight is 307 g/mol. The van der Waals surface area contributed by atoms with Crippen molar-refractivity contribution in [3.8, 4) is 11.5 Å². The summed E-state index contributed by atoms with van der Waals surface area (Å²) in [6.45, 7) is 5.68. The average Bonchev–Trinajstić information content (AvgIpc) is 2.41. The monoisotopic (exact) mass is 306 g/mol. The van der Waals surface area contributed by atoms with Crippen LogP contribution in [0, 0.1) is 6.92 Å². The molecule has 0 aliphatic heterocycles. The van der Waals surface area contributed by atoms with E-state index in [0.29, 0.717) is 16.6 Å². The second-order valence-corrected chi connectivity index (χ2v) is 5.34. The summed E-state index contributed by atoms with van der Waals surface area (Å²) in [6, 6.07) is 5.24. The van der Waals surface area contributed by atoms with Crippen molar-refractivity contribution in [3.05, 3.63) is 46.5 Å². The van der Waals surface area contributed by atoms with Crippen molar-refractivity contribution < 1.29 is 14.6 Å². The molecular weight excluding hydrogens is 292 g/mol. The Morgan fingerprint density at radius 3 is 2.62 bits per heavy atom. The zero-order valence-electron chi connectivity index (χ0n) is 11.9. The van der Waals surface area contributed by atoms with Crippen LogP contribution in [0.5, 0.6) is 11.5 Å². The number of carboxylic acids is 1. The van der Waals surface area contributed by atoms with Crippen LogP contribution < -0.4 is 4.74 Å². The molecule has 0 unspecified atom stereocenters. The lowest BCUT2D eigenvalue weighted by molar-refractivity contribution is 0.0686. The van der Waals surface area contributed by atoms with Crippen LogP contribution in [0.3, 0.4) is 0 Å². The number of hydrogen-bond donors (Lipinski definition) is 1. The second kappa shape index (κ2) is 6.10. The molecule has 21 heavy (non-hydrogen) atoms. The largest absolute Gasteiger partial charge is 0.476 e. The van der Waals surface area contributed by atoms with Crippen LogP contribution in [0.25, 0.3) is 0 Å². The molecule has 6 heteroatoms. The number of aromatic nitrogens is 2. The normalized spacial score (nSPS) is 10.7. The Morgan fingerprint density at radius 1 is 1.33 bits per heavy atom. The van der Waals surface area contributed by atoms with Crippen LogP contribution in [0.4, 0.5) is 0 Å². The molecule has 0 atom stereocenters. The zero-order valence-corrected chi connectivity index (χ0v) is 12.7. The van der Waals surface area contributed by atoms with Gasteiger partial charge in [-0.05, 0) is 24.6 Å². The first-order valence-electron chi connectivity index (χ1n) is 6.42. The number of nitrogens with zero attached hydrogens (tertiary/aromatic N) is 2. The predicted octanol–water partition coefficient (Wildman–Crippen LogP) is 4.05. The highest BCUT2D eigenvalue weighted by molar-refractivity contribution is 6.32. The lowest BCUT2D eigenvalue weighted by atomic mass is 10.2. The molecule has 1 heterocycles. The number of aryl methyl sites for hydroxylation is 1. The molecule has 0 aliphatic rings. The lowest BCUT2D eigenvalue weighted by Gasteiger charge is -2.11. The van der Waals surface area contributed by atoms with Gasteiger partial charge in [0.25, 0.3) is 0 Å². The molecular formula is C15H15ClN2O3. The van der Waals surface area contributed by atoms with Crippen LogP contribution in [0.15, 0.2) is 24.4 Å². The maximum Gasteiger partial charge on any atom is 0.358 e. The van der Waals surface area contributed by atoms with Crippen molar-refractivity contribution in [3.63, 3.8) is 0 Å². The predicted molar refractivity (Wildman–Crippen MR) is 79.3 cm³/mol. The Morgan fingerprint density at radius 2 is 2.05 bits per heavy atom. The van der Waals surface area contributed by atoms with Crippen molar-refractivity contribution in [1.29, 1.82) is 0 Å². The van der Waals surface area contributed by atoms with Gasteiger partial charge in [-0.15, -0.1) is 0 Å². The Bertz CT molecular complexity index is 687. The minimum Gasteiger partial charge on any atom is -0.476 e. The highest BCUT2D eigenvalue weighted by Gasteiger charge is 2.18. The van der Waals surface area contributed by atoms with E-state index in [-0.39, 0.29) is 17.4 Å². The van der Waals surface area contributed by atoms with Crippen LogP contribution in [-0.2, 0) is 0 Å².